The Balaban J connectivity index is 1.58. The van der Waals surface area contributed by atoms with Crippen molar-refractivity contribution in [2.24, 2.45) is 0 Å². The standard InChI is InChI=1S/C17H14ClN3OS/c18-14-4-2-1-3-13(14)9-16(22)20-10-17-21-15(11-23-17)12-5-7-19-8-6-12/h1-8,11H,9-10H2,(H,20,22). The molecule has 3 aromatic rings. The molecule has 23 heavy (non-hydrogen) atoms. The molecule has 0 radical (unpaired) electrons. The van der Waals surface area contributed by atoms with E-state index in [1.807, 2.05) is 35.7 Å². The topological polar surface area (TPSA) is 54.9 Å². The lowest BCUT2D eigenvalue weighted by Gasteiger charge is -2.05. The van der Waals surface area contributed by atoms with Crippen molar-refractivity contribution in [1.29, 1.82) is 0 Å². The minimum Gasteiger partial charge on any atom is -0.349 e. The van der Waals surface area contributed by atoms with E-state index in [0.29, 0.717) is 11.6 Å². The monoisotopic (exact) mass is 343 g/mol. The Morgan fingerprint density at radius 1 is 1.17 bits per heavy atom. The minimum atomic E-state index is -0.0706. The summed E-state index contributed by atoms with van der Waals surface area (Å²) in [5, 5.41) is 6.33. The van der Waals surface area contributed by atoms with Gasteiger partial charge in [0.05, 0.1) is 18.7 Å². The zero-order valence-electron chi connectivity index (χ0n) is 12.2. The van der Waals surface area contributed by atoms with Crippen LogP contribution in [-0.4, -0.2) is 15.9 Å². The molecule has 0 aliphatic heterocycles. The molecule has 1 N–H and O–H groups in total. The van der Waals surface area contributed by atoms with Crippen molar-refractivity contribution in [2.45, 2.75) is 13.0 Å². The summed E-state index contributed by atoms with van der Waals surface area (Å²) in [6.45, 7) is 0.416. The summed E-state index contributed by atoms with van der Waals surface area (Å²) in [6, 6.07) is 11.2. The molecule has 0 aliphatic carbocycles. The number of pyridine rings is 1. The van der Waals surface area contributed by atoms with Gasteiger partial charge in [0.15, 0.2) is 0 Å². The number of rotatable bonds is 5. The van der Waals surface area contributed by atoms with E-state index >= 15 is 0 Å². The second-order valence-corrected chi connectivity index (χ2v) is 6.26. The van der Waals surface area contributed by atoms with Crippen LogP contribution in [-0.2, 0) is 17.8 Å². The summed E-state index contributed by atoms with van der Waals surface area (Å²) in [5.41, 5.74) is 2.74. The zero-order chi connectivity index (χ0) is 16.1. The smallest absolute Gasteiger partial charge is 0.224 e. The summed E-state index contributed by atoms with van der Waals surface area (Å²) in [6.07, 6.45) is 3.74. The Labute approximate surface area is 143 Å². The van der Waals surface area contributed by atoms with Crippen molar-refractivity contribution in [2.75, 3.05) is 0 Å². The van der Waals surface area contributed by atoms with Crippen LogP contribution in [0.4, 0.5) is 0 Å². The van der Waals surface area contributed by atoms with Gasteiger partial charge in [-0.2, -0.15) is 0 Å². The second-order valence-electron chi connectivity index (χ2n) is 4.91. The van der Waals surface area contributed by atoms with Crippen molar-refractivity contribution in [3.05, 3.63) is 69.8 Å². The lowest BCUT2D eigenvalue weighted by Crippen LogP contribution is -2.24. The largest absolute Gasteiger partial charge is 0.349 e. The Kier molecular flexibility index (Phi) is 5.00. The number of nitrogens with one attached hydrogen (secondary N) is 1. The van der Waals surface area contributed by atoms with E-state index in [-0.39, 0.29) is 12.3 Å². The number of aromatic nitrogens is 2. The highest BCUT2D eigenvalue weighted by Gasteiger charge is 2.08. The van der Waals surface area contributed by atoms with Crippen molar-refractivity contribution in [3.63, 3.8) is 0 Å². The third kappa shape index (κ3) is 4.15. The van der Waals surface area contributed by atoms with Crippen LogP contribution in [0.3, 0.4) is 0 Å². The number of hydrogen-bond donors (Lipinski definition) is 1. The fraction of sp³-hybridized carbons (Fsp3) is 0.118. The van der Waals surface area contributed by atoms with E-state index in [0.717, 1.165) is 21.8 Å². The molecule has 116 valence electrons. The summed E-state index contributed by atoms with van der Waals surface area (Å²) in [7, 11) is 0. The number of thiazole rings is 1. The average Bonchev–Trinajstić information content (AvgIpc) is 3.05. The molecule has 0 aliphatic rings. The number of carbonyl (C=O) groups excluding carboxylic acids is 1. The van der Waals surface area contributed by atoms with Crippen molar-refractivity contribution >= 4 is 28.8 Å². The first-order valence-corrected chi connectivity index (χ1v) is 8.33. The maximum absolute atomic E-state index is 12.0. The Morgan fingerprint density at radius 3 is 2.74 bits per heavy atom. The van der Waals surface area contributed by atoms with E-state index < -0.39 is 0 Å². The fourth-order valence-corrected chi connectivity index (χ4v) is 3.04. The first-order valence-electron chi connectivity index (χ1n) is 7.07. The molecule has 3 rings (SSSR count). The Bertz CT molecular complexity index is 804. The van der Waals surface area contributed by atoms with Crippen molar-refractivity contribution in [1.82, 2.24) is 15.3 Å². The molecule has 0 saturated carbocycles. The second kappa shape index (κ2) is 7.35. The fourth-order valence-electron chi connectivity index (χ4n) is 2.10. The molecule has 4 nitrogen and oxygen atoms in total. The number of halogens is 1. The van der Waals surface area contributed by atoms with E-state index in [1.165, 1.54) is 11.3 Å². The van der Waals surface area contributed by atoms with Crippen LogP contribution >= 0.6 is 22.9 Å². The molecule has 1 aromatic carbocycles. The van der Waals surface area contributed by atoms with Gasteiger partial charge in [0.2, 0.25) is 5.91 Å². The molecule has 0 fully saturated rings. The zero-order valence-corrected chi connectivity index (χ0v) is 13.8. The molecule has 6 heteroatoms. The van der Waals surface area contributed by atoms with E-state index in [9.17, 15) is 4.79 Å². The molecule has 0 saturated heterocycles. The number of amides is 1. The highest BCUT2D eigenvalue weighted by Crippen LogP contribution is 2.21. The van der Waals surface area contributed by atoms with E-state index in [1.54, 1.807) is 18.5 Å². The molecule has 2 aromatic heterocycles. The van der Waals surface area contributed by atoms with Crippen molar-refractivity contribution < 1.29 is 4.79 Å². The normalized spacial score (nSPS) is 10.5. The SMILES string of the molecule is O=C(Cc1ccccc1Cl)NCc1nc(-c2ccncc2)cs1. The van der Waals surface area contributed by atoms with Gasteiger partial charge in [-0.25, -0.2) is 4.98 Å². The predicted molar refractivity (Wildman–Crippen MR) is 92.3 cm³/mol. The van der Waals surface area contributed by atoms with Crippen LogP contribution in [0.5, 0.6) is 0 Å². The van der Waals surface area contributed by atoms with Gasteiger partial charge in [0.25, 0.3) is 0 Å². The van der Waals surface area contributed by atoms with Gasteiger partial charge in [0.1, 0.15) is 5.01 Å². The molecular formula is C17H14ClN3OS. The van der Waals surface area contributed by atoms with Crippen LogP contribution < -0.4 is 5.32 Å². The summed E-state index contributed by atoms with van der Waals surface area (Å²) in [5.74, 6) is -0.0706. The van der Waals surface area contributed by atoms with Crippen molar-refractivity contribution in [3.8, 4) is 11.3 Å². The van der Waals surface area contributed by atoms with Gasteiger partial charge < -0.3 is 5.32 Å². The molecule has 0 spiro atoms. The molecule has 0 unspecified atom stereocenters. The lowest BCUT2D eigenvalue weighted by atomic mass is 10.1. The molecular weight excluding hydrogens is 330 g/mol. The van der Waals surface area contributed by atoms with Gasteiger partial charge >= 0.3 is 0 Å². The van der Waals surface area contributed by atoms with Gasteiger partial charge in [-0.3, -0.25) is 9.78 Å². The van der Waals surface area contributed by atoms with Gasteiger partial charge in [-0.1, -0.05) is 29.8 Å². The maximum atomic E-state index is 12.0. The first-order chi connectivity index (χ1) is 11.2. The summed E-state index contributed by atoms with van der Waals surface area (Å²) in [4.78, 5) is 20.5. The molecule has 0 atom stereocenters. The highest BCUT2D eigenvalue weighted by molar-refractivity contribution is 7.09. The Hall–Kier alpha value is -2.24. The first kappa shape index (κ1) is 15.6. The number of carbonyl (C=O) groups is 1. The Morgan fingerprint density at radius 2 is 1.96 bits per heavy atom. The third-order valence-corrected chi connectivity index (χ3v) is 4.49. The van der Waals surface area contributed by atoms with Crippen LogP contribution in [0, 0.1) is 0 Å². The molecule has 1 amide bonds. The molecule has 0 bridgehead atoms. The summed E-state index contributed by atoms with van der Waals surface area (Å²) >= 11 is 7.58. The van der Waals surface area contributed by atoms with E-state index in [2.05, 4.69) is 15.3 Å². The quantitative estimate of drug-likeness (QED) is 0.768. The minimum absolute atomic E-state index is 0.0706. The number of hydrogen-bond acceptors (Lipinski definition) is 4. The van der Waals surface area contributed by atoms with Crippen LogP contribution in [0.1, 0.15) is 10.6 Å². The van der Waals surface area contributed by atoms with Gasteiger partial charge in [0, 0.05) is 28.4 Å². The maximum Gasteiger partial charge on any atom is 0.224 e. The van der Waals surface area contributed by atoms with Crippen LogP contribution in [0.15, 0.2) is 54.2 Å². The van der Waals surface area contributed by atoms with E-state index in [4.69, 9.17) is 11.6 Å². The highest BCUT2D eigenvalue weighted by atomic mass is 35.5. The van der Waals surface area contributed by atoms with Gasteiger partial charge in [-0.15, -0.1) is 11.3 Å². The predicted octanol–water partition coefficient (Wildman–Crippen LogP) is 3.72. The third-order valence-electron chi connectivity index (χ3n) is 3.27. The lowest BCUT2D eigenvalue weighted by molar-refractivity contribution is -0.120. The number of nitrogens with zero attached hydrogens (tertiary/aromatic N) is 2. The number of benzene rings is 1. The van der Waals surface area contributed by atoms with Crippen LogP contribution in [0.25, 0.3) is 11.3 Å². The summed E-state index contributed by atoms with van der Waals surface area (Å²) < 4.78 is 0. The van der Waals surface area contributed by atoms with Gasteiger partial charge in [-0.05, 0) is 23.8 Å². The molecule has 2 heterocycles. The average molecular weight is 344 g/mol. The van der Waals surface area contributed by atoms with Crippen LogP contribution in [0.2, 0.25) is 5.02 Å².